The summed E-state index contributed by atoms with van der Waals surface area (Å²) in [6.45, 7) is 2.86. The van der Waals surface area contributed by atoms with E-state index in [-0.39, 0.29) is 18.5 Å². The number of hydrogen-bond donors (Lipinski definition) is 1. The van der Waals surface area contributed by atoms with Crippen LogP contribution in [0.15, 0.2) is 47.1 Å². The molecule has 0 saturated carbocycles. The molecule has 0 unspecified atom stereocenters. The molecule has 23 heavy (non-hydrogen) atoms. The number of furan rings is 1. The molecule has 1 N–H and O–H groups in total. The summed E-state index contributed by atoms with van der Waals surface area (Å²) in [6, 6.07) is 12.0. The van der Waals surface area contributed by atoms with Crippen LogP contribution in [0.25, 0.3) is 0 Å². The standard InChI is InChI=1S/C18H25N3O2/c1-14(17-6-5-11-23-17)19-12-18(22)21(4)13-15-7-9-16(10-8-15)20(2)3/h5-11,14,19H,12-13H2,1-4H3/t14-/m1/s1. The second-order valence-electron chi connectivity index (χ2n) is 5.93. The quantitative estimate of drug-likeness (QED) is 0.853. The summed E-state index contributed by atoms with van der Waals surface area (Å²) in [7, 11) is 5.84. The van der Waals surface area contributed by atoms with Gasteiger partial charge in [-0.1, -0.05) is 12.1 Å². The first-order chi connectivity index (χ1) is 11.0. The third kappa shape index (κ3) is 4.86. The Morgan fingerprint density at radius 1 is 1.17 bits per heavy atom. The number of anilines is 1. The van der Waals surface area contributed by atoms with Gasteiger partial charge in [-0.05, 0) is 36.8 Å². The highest BCUT2D eigenvalue weighted by Gasteiger charge is 2.13. The van der Waals surface area contributed by atoms with E-state index < -0.39 is 0 Å². The van der Waals surface area contributed by atoms with Crippen LogP contribution in [0.2, 0.25) is 0 Å². The average Bonchev–Trinajstić information content (AvgIpc) is 3.07. The molecule has 0 bridgehead atoms. The van der Waals surface area contributed by atoms with Crippen LogP contribution in [0.3, 0.4) is 0 Å². The minimum Gasteiger partial charge on any atom is -0.468 e. The zero-order chi connectivity index (χ0) is 16.8. The topological polar surface area (TPSA) is 48.7 Å². The van der Waals surface area contributed by atoms with Crippen LogP contribution in [0, 0.1) is 0 Å². The van der Waals surface area contributed by atoms with E-state index >= 15 is 0 Å². The molecule has 5 heteroatoms. The zero-order valence-electron chi connectivity index (χ0n) is 14.2. The fourth-order valence-corrected chi connectivity index (χ4v) is 2.28. The Labute approximate surface area is 137 Å². The van der Waals surface area contributed by atoms with Crippen molar-refractivity contribution in [2.45, 2.75) is 19.5 Å². The highest BCUT2D eigenvalue weighted by molar-refractivity contribution is 5.78. The average molecular weight is 315 g/mol. The van der Waals surface area contributed by atoms with Gasteiger partial charge in [-0.25, -0.2) is 0 Å². The van der Waals surface area contributed by atoms with Gasteiger partial charge in [-0.15, -0.1) is 0 Å². The minimum absolute atomic E-state index is 0.0155. The number of rotatable bonds is 7. The molecule has 1 aromatic heterocycles. The van der Waals surface area contributed by atoms with Crippen molar-refractivity contribution < 1.29 is 9.21 Å². The van der Waals surface area contributed by atoms with Gasteiger partial charge in [0.2, 0.25) is 5.91 Å². The second-order valence-corrected chi connectivity index (χ2v) is 5.93. The highest BCUT2D eigenvalue weighted by Crippen LogP contribution is 2.14. The second kappa shape index (κ2) is 7.83. The number of benzene rings is 1. The number of nitrogens with zero attached hydrogens (tertiary/aromatic N) is 2. The van der Waals surface area contributed by atoms with Crippen molar-refractivity contribution >= 4 is 11.6 Å². The van der Waals surface area contributed by atoms with Gasteiger partial charge in [0.1, 0.15) is 5.76 Å². The van der Waals surface area contributed by atoms with Crippen molar-refractivity contribution in [1.29, 1.82) is 0 Å². The molecular formula is C18H25N3O2. The molecule has 1 amide bonds. The Bertz CT molecular complexity index is 606. The largest absolute Gasteiger partial charge is 0.468 e. The van der Waals surface area contributed by atoms with Crippen molar-refractivity contribution in [1.82, 2.24) is 10.2 Å². The molecular weight excluding hydrogens is 290 g/mol. The van der Waals surface area contributed by atoms with E-state index in [1.807, 2.05) is 40.2 Å². The zero-order valence-corrected chi connectivity index (χ0v) is 14.2. The number of hydrogen-bond acceptors (Lipinski definition) is 4. The molecule has 0 saturated heterocycles. The van der Waals surface area contributed by atoms with Gasteiger partial charge >= 0.3 is 0 Å². The van der Waals surface area contributed by atoms with Gasteiger partial charge in [0.05, 0.1) is 18.8 Å². The van der Waals surface area contributed by atoms with E-state index in [2.05, 4.69) is 34.5 Å². The molecule has 2 rings (SSSR count). The van der Waals surface area contributed by atoms with E-state index in [9.17, 15) is 4.79 Å². The van der Waals surface area contributed by atoms with Gasteiger partial charge in [0, 0.05) is 33.4 Å². The fraction of sp³-hybridized carbons (Fsp3) is 0.389. The molecule has 1 atom stereocenters. The first kappa shape index (κ1) is 17.1. The lowest BCUT2D eigenvalue weighted by atomic mass is 10.2. The predicted octanol–water partition coefficient (Wildman–Crippen LogP) is 2.65. The molecule has 5 nitrogen and oxygen atoms in total. The van der Waals surface area contributed by atoms with Gasteiger partial charge in [-0.2, -0.15) is 0 Å². The van der Waals surface area contributed by atoms with Crippen molar-refractivity contribution in [2.24, 2.45) is 0 Å². The Balaban J connectivity index is 1.82. The van der Waals surface area contributed by atoms with Crippen LogP contribution >= 0.6 is 0 Å². The maximum atomic E-state index is 12.2. The minimum atomic E-state index is 0.0155. The number of carbonyl (C=O) groups is 1. The molecule has 1 aromatic carbocycles. The van der Waals surface area contributed by atoms with Crippen LogP contribution in [0.4, 0.5) is 5.69 Å². The monoisotopic (exact) mass is 315 g/mol. The summed E-state index contributed by atoms with van der Waals surface area (Å²) in [5.41, 5.74) is 2.27. The Morgan fingerprint density at radius 2 is 1.87 bits per heavy atom. The van der Waals surface area contributed by atoms with Gasteiger partial charge < -0.3 is 14.2 Å². The van der Waals surface area contributed by atoms with Gasteiger partial charge in [0.25, 0.3) is 0 Å². The summed E-state index contributed by atoms with van der Waals surface area (Å²) in [6.07, 6.45) is 1.64. The number of nitrogens with one attached hydrogen (secondary N) is 1. The normalized spacial score (nSPS) is 12.0. The molecule has 0 aliphatic carbocycles. The van der Waals surface area contributed by atoms with E-state index in [1.165, 1.54) is 0 Å². The van der Waals surface area contributed by atoms with Crippen molar-refractivity contribution in [3.63, 3.8) is 0 Å². The smallest absolute Gasteiger partial charge is 0.236 e. The van der Waals surface area contributed by atoms with Crippen LogP contribution in [-0.2, 0) is 11.3 Å². The summed E-state index contributed by atoms with van der Waals surface area (Å²) in [5.74, 6) is 0.889. The van der Waals surface area contributed by atoms with Crippen LogP contribution in [0.1, 0.15) is 24.3 Å². The van der Waals surface area contributed by atoms with Crippen LogP contribution in [-0.4, -0.2) is 38.5 Å². The van der Waals surface area contributed by atoms with E-state index in [0.29, 0.717) is 6.54 Å². The third-order valence-electron chi connectivity index (χ3n) is 3.83. The predicted molar refractivity (Wildman–Crippen MR) is 92.4 cm³/mol. The molecule has 0 aliphatic rings. The first-order valence-corrected chi connectivity index (χ1v) is 7.74. The molecule has 0 spiro atoms. The molecule has 0 aliphatic heterocycles. The lowest BCUT2D eigenvalue weighted by molar-refractivity contribution is -0.129. The SMILES string of the molecule is C[C@@H](NCC(=O)N(C)Cc1ccc(N(C)C)cc1)c1ccco1. The lowest BCUT2D eigenvalue weighted by Gasteiger charge is -2.20. The number of likely N-dealkylation sites (N-methyl/N-ethyl adjacent to an activating group) is 1. The van der Waals surface area contributed by atoms with E-state index in [1.54, 1.807) is 11.2 Å². The highest BCUT2D eigenvalue weighted by atomic mass is 16.3. The van der Waals surface area contributed by atoms with E-state index in [0.717, 1.165) is 17.0 Å². The molecule has 0 radical (unpaired) electrons. The van der Waals surface area contributed by atoms with Crippen LogP contribution < -0.4 is 10.2 Å². The summed E-state index contributed by atoms with van der Waals surface area (Å²) >= 11 is 0. The molecule has 0 fully saturated rings. The van der Waals surface area contributed by atoms with Crippen LogP contribution in [0.5, 0.6) is 0 Å². The summed E-state index contributed by atoms with van der Waals surface area (Å²) in [5, 5.41) is 3.18. The Hall–Kier alpha value is -2.27. The summed E-state index contributed by atoms with van der Waals surface area (Å²) < 4.78 is 5.32. The van der Waals surface area contributed by atoms with E-state index in [4.69, 9.17) is 4.42 Å². The molecule has 1 heterocycles. The Kier molecular flexibility index (Phi) is 5.82. The maximum Gasteiger partial charge on any atom is 0.236 e. The maximum absolute atomic E-state index is 12.2. The van der Waals surface area contributed by atoms with Crippen molar-refractivity contribution in [2.75, 3.05) is 32.6 Å². The van der Waals surface area contributed by atoms with Crippen molar-refractivity contribution in [3.8, 4) is 0 Å². The van der Waals surface area contributed by atoms with Gasteiger partial charge in [-0.3, -0.25) is 10.1 Å². The van der Waals surface area contributed by atoms with Gasteiger partial charge in [0.15, 0.2) is 0 Å². The third-order valence-corrected chi connectivity index (χ3v) is 3.83. The number of amides is 1. The summed E-state index contributed by atoms with van der Waals surface area (Å²) in [4.78, 5) is 16.0. The molecule has 2 aromatic rings. The Morgan fingerprint density at radius 3 is 2.43 bits per heavy atom. The first-order valence-electron chi connectivity index (χ1n) is 7.74. The fourth-order valence-electron chi connectivity index (χ4n) is 2.28. The van der Waals surface area contributed by atoms with Crippen molar-refractivity contribution in [3.05, 3.63) is 54.0 Å². The number of carbonyl (C=O) groups excluding carboxylic acids is 1. The lowest BCUT2D eigenvalue weighted by Crippen LogP contribution is -2.36. The molecule has 124 valence electrons.